The number of rotatable bonds is 7. The molecule has 100 valence electrons. The number of carbonyl (C=O) groups is 1. The number of alkyl halides is 1. The molecule has 1 N–H and O–H groups in total. The summed E-state index contributed by atoms with van der Waals surface area (Å²) in [6.45, 7) is 4.37. The summed E-state index contributed by atoms with van der Waals surface area (Å²) < 4.78 is 5.75. The average molecular weight is 314 g/mol. The topological polar surface area (TPSA) is 38.3 Å². The highest BCUT2D eigenvalue weighted by Gasteiger charge is 2.07. The molecule has 0 radical (unpaired) electrons. The quantitative estimate of drug-likeness (QED) is 0.777. The summed E-state index contributed by atoms with van der Waals surface area (Å²) in [5, 5.41) is 3.69. The number of ether oxygens (including phenoxy) is 1. The number of hydrogen-bond acceptors (Lipinski definition) is 2. The van der Waals surface area contributed by atoms with Gasteiger partial charge < -0.3 is 10.1 Å². The predicted octanol–water partition coefficient (Wildman–Crippen LogP) is 3.84. The fourth-order valence-electron chi connectivity index (χ4n) is 1.69. The van der Waals surface area contributed by atoms with Crippen molar-refractivity contribution in [1.29, 1.82) is 0 Å². The fraction of sp³-hybridized carbons (Fsp3) is 0.500. The van der Waals surface area contributed by atoms with E-state index in [1.807, 2.05) is 24.3 Å². The van der Waals surface area contributed by atoms with Crippen molar-refractivity contribution in [2.75, 3.05) is 17.3 Å². The van der Waals surface area contributed by atoms with E-state index in [0.717, 1.165) is 29.6 Å². The molecule has 18 heavy (non-hydrogen) atoms. The van der Waals surface area contributed by atoms with Crippen molar-refractivity contribution < 1.29 is 9.53 Å². The minimum absolute atomic E-state index is 0.0727. The molecular weight excluding hydrogens is 294 g/mol. The molecule has 0 bridgehead atoms. The molecule has 0 heterocycles. The SMILES string of the molecule is CCCC(CBr)COc1cccc(NC(C)=O)c1. The third-order valence-electron chi connectivity index (χ3n) is 2.56. The average Bonchev–Trinajstić information content (AvgIpc) is 2.34. The van der Waals surface area contributed by atoms with Gasteiger partial charge in [-0.1, -0.05) is 35.3 Å². The van der Waals surface area contributed by atoms with Crippen molar-refractivity contribution in [2.24, 2.45) is 5.92 Å². The van der Waals surface area contributed by atoms with Gasteiger partial charge in [0.05, 0.1) is 6.61 Å². The van der Waals surface area contributed by atoms with Gasteiger partial charge in [0.15, 0.2) is 0 Å². The van der Waals surface area contributed by atoms with Gasteiger partial charge in [-0.3, -0.25) is 4.79 Å². The molecule has 0 aliphatic carbocycles. The third kappa shape index (κ3) is 5.54. The molecule has 1 atom stereocenters. The van der Waals surface area contributed by atoms with Crippen molar-refractivity contribution in [3.8, 4) is 5.75 Å². The maximum absolute atomic E-state index is 11.0. The van der Waals surface area contributed by atoms with Crippen LogP contribution in [0.15, 0.2) is 24.3 Å². The number of benzene rings is 1. The van der Waals surface area contributed by atoms with Crippen LogP contribution in [0.25, 0.3) is 0 Å². The molecule has 0 spiro atoms. The van der Waals surface area contributed by atoms with Gasteiger partial charge in [-0.25, -0.2) is 0 Å². The van der Waals surface area contributed by atoms with E-state index in [-0.39, 0.29) is 5.91 Å². The Hall–Kier alpha value is -1.03. The summed E-state index contributed by atoms with van der Waals surface area (Å²) >= 11 is 3.50. The molecule has 1 amide bonds. The largest absolute Gasteiger partial charge is 0.493 e. The number of amides is 1. The number of nitrogens with one attached hydrogen (secondary N) is 1. The molecule has 0 aliphatic heterocycles. The summed E-state index contributed by atoms with van der Waals surface area (Å²) in [6, 6.07) is 7.48. The first-order chi connectivity index (χ1) is 8.65. The minimum Gasteiger partial charge on any atom is -0.493 e. The van der Waals surface area contributed by atoms with E-state index in [4.69, 9.17) is 4.74 Å². The van der Waals surface area contributed by atoms with Crippen LogP contribution in [0.1, 0.15) is 26.7 Å². The number of carbonyl (C=O) groups excluding carboxylic acids is 1. The van der Waals surface area contributed by atoms with Crippen LogP contribution in [-0.4, -0.2) is 17.8 Å². The second-order valence-electron chi connectivity index (χ2n) is 4.33. The monoisotopic (exact) mass is 313 g/mol. The van der Waals surface area contributed by atoms with Crippen LogP contribution in [0.4, 0.5) is 5.69 Å². The van der Waals surface area contributed by atoms with E-state index in [2.05, 4.69) is 28.2 Å². The third-order valence-corrected chi connectivity index (χ3v) is 3.47. The zero-order chi connectivity index (χ0) is 13.4. The van der Waals surface area contributed by atoms with Crippen LogP contribution >= 0.6 is 15.9 Å². The van der Waals surface area contributed by atoms with Crippen LogP contribution in [0.2, 0.25) is 0 Å². The van der Waals surface area contributed by atoms with Gasteiger partial charge in [0.25, 0.3) is 0 Å². The molecule has 1 rings (SSSR count). The molecule has 0 aliphatic rings. The van der Waals surface area contributed by atoms with Crippen molar-refractivity contribution in [1.82, 2.24) is 0 Å². The first kappa shape index (κ1) is 15.0. The van der Waals surface area contributed by atoms with Crippen molar-refractivity contribution in [3.63, 3.8) is 0 Å². The van der Waals surface area contributed by atoms with Crippen molar-refractivity contribution >= 4 is 27.5 Å². The van der Waals surface area contributed by atoms with Gasteiger partial charge in [0.2, 0.25) is 5.91 Å². The Morgan fingerprint density at radius 3 is 2.89 bits per heavy atom. The minimum atomic E-state index is -0.0727. The second-order valence-corrected chi connectivity index (χ2v) is 4.98. The standard InChI is InChI=1S/C14H20BrNO2/c1-3-5-12(9-15)10-18-14-7-4-6-13(8-14)16-11(2)17/h4,6-8,12H,3,5,9-10H2,1-2H3,(H,16,17). The molecular formula is C14H20BrNO2. The highest BCUT2D eigenvalue weighted by atomic mass is 79.9. The summed E-state index contributed by atoms with van der Waals surface area (Å²) in [5.41, 5.74) is 0.769. The van der Waals surface area contributed by atoms with Gasteiger partial charge in [-0.05, 0) is 18.6 Å². The van der Waals surface area contributed by atoms with E-state index in [0.29, 0.717) is 12.5 Å². The first-order valence-electron chi connectivity index (χ1n) is 6.22. The maximum Gasteiger partial charge on any atom is 0.221 e. The summed E-state index contributed by atoms with van der Waals surface area (Å²) in [4.78, 5) is 11.0. The van der Waals surface area contributed by atoms with Crippen LogP contribution < -0.4 is 10.1 Å². The Morgan fingerprint density at radius 1 is 1.50 bits per heavy atom. The molecule has 1 aromatic carbocycles. The Kier molecular flexibility index (Phi) is 6.80. The highest BCUT2D eigenvalue weighted by Crippen LogP contribution is 2.19. The normalized spacial score (nSPS) is 11.9. The highest BCUT2D eigenvalue weighted by molar-refractivity contribution is 9.09. The number of anilines is 1. The summed E-state index contributed by atoms with van der Waals surface area (Å²) in [7, 11) is 0. The summed E-state index contributed by atoms with van der Waals surface area (Å²) in [5.74, 6) is 1.25. The molecule has 0 saturated carbocycles. The molecule has 1 unspecified atom stereocenters. The lowest BCUT2D eigenvalue weighted by Gasteiger charge is -2.14. The Morgan fingerprint density at radius 2 is 2.28 bits per heavy atom. The van der Waals surface area contributed by atoms with E-state index in [1.54, 1.807) is 0 Å². The van der Waals surface area contributed by atoms with Crippen LogP contribution in [0, 0.1) is 5.92 Å². The van der Waals surface area contributed by atoms with E-state index in [9.17, 15) is 4.79 Å². The lowest BCUT2D eigenvalue weighted by atomic mass is 10.1. The summed E-state index contributed by atoms with van der Waals surface area (Å²) in [6.07, 6.45) is 2.31. The smallest absolute Gasteiger partial charge is 0.221 e. The van der Waals surface area contributed by atoms with Gasteiger partial charge in [-0.2, -0.15) is 0 Å². The Balaban J connectivity index is 2.53. The zero-order valence-corrected chi connectivity index (χ0v) is 12.5. The van der Waals surface area contributed by atoms with Crippen LogP contribution in [0.3, 0.4) is 0 Å². The molecule has 4 heteroatoms. The number of halogens is 1. The van der Waals surface area contributed by atoms with Gasteiger partial charge in [0.1, 0.15) is 5.75 Å². The molecule has 3 nitrogen and oxygen atoms in total. The lowest BCUT2D eigenvalue weighted by Crippen LogP contribution is -2.13. The maximum atomic E-state index is 11.0. The molecule has 0 saturated heterocycles. The van der Waals surface area contributed by atoms with Crippen LogP contribution in [-0.2, 0) is 4.79 Å². The zero-order valence-electron chi connectivity index (χ0n) is 10.9. The van der Waals surface area contributed by atoms with Gasteiger partial charge in [0, 0.05) is 29.9 Å². The first-order valence-corrected chi connectivity index (χ1v) is 7.34. The fourth-order valence-corrected chi connectivity index (χ4v) is 2.20. The number of hydrogen-bond donors (Lipinski definition) is 1. The Labute approximate surface area is 117 Å². The second kappa shape index (κ2) is 8.14. The van der Waals surface area contributed by atoms with Crippen molar-refractivity contribution in [2.45, 2.75) is 26.7 Å². The van der Waals surface area contributed by atoms with Gasteiger partial charge >= 0.3 is 0 Å². The predicted molar refractivity (Wildman–Crippen MR) is 78.4 cm³/mol. The Bertz CT molecular complexity index is 382. The lowest BCUT2D eigenvalue weighted by molar-refractivity contribution is -0.114. The van der Waals surface area contributed by atoms with Crippen molar-refractivity contribution in [3.05, 3.63) is 24.3 Å². The van der Waals surface area contributed by atoms with Crippen LogP contribution in [0.5, 0.6) is 5.75 Å². The molecule has 1 aromatic rings. The molecule has 0 aromatic heterocycles. The molecule has 0 fully saturated rings. The van der Waals surface area contributed by atoms with E-state index >= 15 is 0 Å². The van der Waals surface area contributed by atoms with Gasteiger partial charge in [-0.15, -0.1) is 0 Å². The van der Waals surface area contributed by atoms with E-state index in [1.165, 1.54) is 6.92 Å². The van der Waals surface area contributed by atoms with E-state index < -0.39 is 0 Å².